The third kappa shape index (κ3) is 3.92. The minimum atomic E-state index is -0.0951. The summed E-state index contributed by atoms with van der Waals surface area (Å²) in [6.07, 6.45) is 3.33. The monoisotopic (exact) mass is 287 g/mol. The molecule has 1 aromatic heterocycles. The number of nitrogens with zero attached hydrogens (tertiary/aromatic N) is 2. The number of aryl methyl sites for hydroxylation is 1. The zero-order valence-corrected chi connectivity index (χ0v) is 12.5. The molecule has 0 radical (unpaired) electrons. The van der Waals surface area contributed by atoms with E-state index >= 15 is 0 Å². The molecular weight excluding hydrogens is 266 g/mol. The number of hydrogen-bond donors (Lipinski definition) is 1. The number of anilines is 1. The molecule has 0 unspecified atom stereocenters. The number of rotatable bonds is 7. The van der Waals surface area contributed by atoms with Crippen LogP contribution in [0.4, 0.5) is 5.82 Å². The van der Waals surface area contributed by atoms with E-state index in [9.17, 15) is 4.79 Å². The van der Waals surface area contributed by atoms with Crippen molar-refractivity contribution in [2.75, 3.05) is 11.9 Å². The van der Waals surface area contributed by atoms with Gasteiger partial charge in [0.05, 0.1) is 6.61 Å². The summed E-state index contributed by atoms with van der Waals surface area (Å²) in [4.78, 5) is 16.2. The number of benzene rings is 1. The van der Waals surface area contributed by atoms with E-state index in [1.807, 2.05) is 38.1 Å². The van der Waals surface area contributed by atoms with Gasteiger partial charge in [-0.3, -0.25) is 4.79 Å². The van der Waals surface area contributed by atoms with Crippen molar-refractivity contribution >= 4 is 5.82 Å². The first-order chi connectivity index (χ1) is 10.3. The third-order valence-electron chi connectivity index (χ3n) is 3.28. The van der Waals surface area contributed by atoms with Gasteiger partial charge < -0.3 is 14.6 Å². The van der Waals surface area contributed by atoms with Crippen molar-refractivity contribution < 1.29 is 4.74 Å². The van der Waals surface area contributed by atoms with Gasteiger partial charge in [-0.25, -0.2) is 4.98 Å². The Kier molecular flexibility index (Phi) is 5.51. The van der Waals surface area contributed by atoms with Crippen LogP contribution in [-0.4, -0.2) is 16.2 Å². The van der Waals surface area contributed by atoms with Crippen molar-refractivity contribution in [2.24, 2.45) is 0 Å². The molecule has 0 aliphatic heterocycles. The Bertz CT molecular complexity index is 637. The summed E-state index contributed by atoms with van der Waals surface area (Å²) >= 11 is 0. The first kappa shape index (κ1) is 15.3. The SMILES string of the molecule is CCOCc1ccccc1CNc1nccn(CC)c1=O. The number of aromatic nitrogens is 2. The normalized spacial score (nSPS) is 10.6. The molecule has 5 nitrogen and oxygen atoms in total. The molecule has 0 spiro atoms. The van der Waals surface area contributed by atoms with E-state index in [1.165, 1.54) is 0 Å². The third-order valence-corrected chi connectivity index (χ3v) is 3.28. The fourth-order valence-corrected chi connectivity index (χ4v) is 2.08. The molecule has 21 heavy (non-hydrogen) atoms. The second-order valence-electron chi connectivity index (χ2n) is 4.63. The van der Waals surface area contributed by atoms with Crippen LogP contribution in [0, 0.1) is 0 Å². The van der Waals surface area contributed by atoms with E-state index in [4.69, 9.17) is 4.74 Å². The van der Waals surface area contributed by atoms with E-state index in [0.29, 0.717) is 32.1 Å². The molecule has 0 atom stereocenters. The highest BCUT2D eigenvalue weighted by molar-refractivity contribution is 5.35. The highest BCUT2D eigenvalue weighted by Crippen LogP contribution is 2.11. The highest BCUT2D eigenvalue weighted by Gasteiger charge is 2.06. The van der Waals surface area contributed by atoms with E-state index < -0.39 is 0 Å². The first-order valence-electron chi connectivity index (χ1n) is 7.20. The van der Waals surface area contributed by atoms with Gasteiger partial charge in [0, 0.05) is 32.1 Å². The second-order valence-corrected chi connectivity index (χ2v) is 4.63. The van der Waals surface area contributed by atoms with Crippen LogP contribution in [0.3, 0.4) is 0 Å². The lowest BCUT2D eigenvalue weighted by Gasteiger charge is -2.11. The molecule has 0 saturated carbocycles. The van der Waals surface area contributed by atoms with Crippen LogP contribution < -0.4 is 10.9 Å². The Balaban J connectivity index is 2.11. The quantitative estimate of drug-likeness (QED) is 0.849. The molecule has 1 heterocycles. The topological polar surface area (TPSA) is 56.1 Å². The average molecular weight is 287 g/mol. The lowest BCUT2D eigenvalue weighted by molar-refractivity contribution is 0.133. The van der Waals surface area contributed by atoms with Crippen LogP contribution in [0.2, 0.25) is 0 Å². The summed E-state index contributed by atoms with van der Waals surface area (Å²) in [5.41, 5.74) is 2.14. The summed E-state index contributed by atoms with van der Waals surface area (Å²) in [6, 6.07) is 8.04. The van der Waals surface area contributed by atoms with Crippen molar-refractivity contribution in [3.05, 3.63) is 58.1 Å². The Morgan fingerprint density at radius 2 is 2.00 bits per heavy atom. The standard InChI is InChI=1S/C16H21N3O2/c1-3-19-10-9-17-15(16(19)20)18-11-13-7-5-6-8-14(13)12-21-4-2/h5-10H,3-4,11-12H2,1-2H3,(H,17,18). The van der Waals surface area contributed by atoms with Crippen molar-refractivity contribution in [3.63, 3.8) is 0 Å². The Hall–Kier alpha value is -2.14. The summed E-state index contributed by atoms with van der Waals surface area (Å²) in [5.74, 6) is 0.380. The van der Waals surface area contributed by atoms with Gasteiger partial charge in [0.2, 0.25) is 0 Å². The van der Waals surface area contributed by atoms with Crippen LogP contribution in [0.25, 0.3) is 0 Å². The van der Waals surface area contributed by atoms with Crippen molar-refractivity contribution in [3.8, 4) is 0 Å². The van der Waals surface area contributed by atoms with Gasteiger partial charge in [0.25, 0.3) is 5.56 Å². The van der Waals surface area contributed by atoms with Crippen LogP contribution >= 0.6 is 0 Å². The van der Waals surface area contributed by atoms with Gasteiger partial charge in [0.1, 0.15) is 0 Å². The maximum absolute atomic E-state index is 12.1. The molecule has 0 aliphatic rings. The molecule has 5 heteroatoms. The molecule has 0 aliphatic carbocycles. The van der Waals surface area contributed by atoms with Crippen LogP contribution in [0.1, 0.15) is 25.0 Å². The van der Waals surface area contributed by atoms with Gasteiger partial charge in [-0.05, 0) is 25.0 Å². The number of ether oxygens (including phenoxy) is 1. The first-order valence-corrected chi connectivity index (χ1v) is 7.20. The van der Waals surface area contributed by atoms with Gasteiger partial charge in [0.15, 0.2) is 5.82 Å². The van der Waals surface area contributed by atoms with E-state index in [-0.39, 0.29) is 5.56 Å². The molecule has 0 amide bonds. The van der Waals surface area contributed by atoms with E-state index in [2.05, 4.69) is 10.3 Å². The van der Waals surface area contributed by atoms with Crippen molar-refractivity contribution in [2.45, 2.75) is 33.5 Å². The molecule has 2 rings (SSSR count). The zero-order valence-electron chi connectivity index (χ0n) is 12.5. The Labute approximate surface area is 124 Å². The zero-order chi connectivity index (χ0) is 15.1. The van der Waals surface area contributed by atoms with Crippen LogP contribution in [0.5, 0.6) is 0 Å². The lowest BCUT2D eigenvalue weighted by atomic mass is 10.1. The molecule has 2 aromatic rings. The molecule has 0 fully saturated rings. The minimum absolute atomic E-state index is 0.0951. The average Bonchev–Trinajstić information content (AvgIpc) is 2.52. The molecular formula is C16H21N3O2. The molecule has 1 aromatic carbocycles. The summed E-state index contributed by atoms with van der Waals surface area (Å²) in [6.45, 7) is 6.36. The Morgan fingerprint density at radius 3 is 2.71 bits per heavy atom. The number of nitrogens with one attached hydrogen (secondary N) is 1. The van der Waals surface area contributed by atoms with E-state index in [0.717, 1.165) is 11.1 Å². The van der Waals surface area contributed by atoms with Gasteiger partial charge in [-0.15, -0.1) is 0 Å². The van der Waals surface area contributed by atoms with E-state index in [1.54, 1.807) is 17.0 Å². The maximum atomic E-state index is 12.1. The minimum Gasteiger partial charge on any atom is -0.377 e. The fraction of sp³-hybridized carbons (Fsp3) is 0.375. The summed E-state index contributed by atoms with van der Waals surface area (Å²) < 4.78 is 7.09. The maximum Gasteiger partial charge on any atom is 0.293 e. The van der Waals surface area contributed by atoms with Gasteiger partial charge in [-0.1, -0.05) is 24.3 Å². The Morgan fingerprint density at radius 1 is 1.24 bits per heavy atom. The summed E-state index contributed by atoms with van der Waals surface area (Å²) in [5, 5.41) is 3.12. The van der Waals surface area contributed by atoms with Gasteiger partial charge in [-0.2, -0.15) is 0 Å². The van der Waals surface area contributed by atoms with Crippen molar-refractivity contribution in [1.29, 1.82) is 0 Å². The summed E-state index contributed by atoms with van der Waals surface area (Å²) in [7, 11) is 0. The predicted octanol–water partition coefficient (Wildman–Crippen LogP) is 2.41. The fourth-order valence-electron chi connectivity index (χ4n) is 2.08. The van der Waals surface area contributed by atoms with Crippen molar-refractivity contribution in [1.82, 2.24) is 9.55 Å². The molecule has 0 saturated heterocycles. The molecule has 1 N–H and O–H groups in total. The van der Waals surface area contributed by atoms with Crippen LogP contribution in [0.15, 0.2) is 41.5 Å². The number of hydrogen-bond acceptors (Lipinski definition) is 4. The largest absolute Gasteiger partial charge is 0.377 e. The lowest BCUT2D eigenvalue weighted by Crippen LogP contribution is -2.23. The second kappa shape index (κ2) is 7.59. The smallest absolute Gasteiger partial charge is 0.293 e. The molecule has 112 valence electrons. The molecule has 0 bridgehead atoms. The van der Waals surface area contributed by atoms with Gasteiger partial charge >= 0.3 is 0 Å². The van der Waals surface area contributed by atoms with Crippen LogP contribution in [-0.2, 0) is 24.4 Å². The highest BCUT2D eigenvalue weighted by atomic mass is 16.5. The predicted molar refractivity (Wildman–Crippen MR) is 83.3 cm³/mol.